The van der Waals surface area contributed by atoms with Crippen molar-refractivity contribution in [2.45, 2.75) is 6.42 Å². The van der Waals surface area contributed by atoms with Crippen molar-refractivity contribution in [1.29, 1.82) is 5.26 Å². The molecule has 4 rings (SSSR count). The minimum Gasteiger partial charge on any atom is -0.495 e. The molecule has 1 aliphatic rings. The molecule has 3 aromatic rings. The number of para-hydroxylation sites is 2. The predicted octanol–water partition coefficient (Wildman–Crippen LogP) is 4.19. The average Bonchev–Trinajstić information content (AvgIpc) is 3.21. The molecule has 1 heterocycles. The van der Waals surface area contributed by atoms with Crippen LogP contribution in [0.2, 0.25) is 0 Å². The smallest absolute Gasteiger partial charge is 0.316 e. The van der Waals surface area contributed by atoms with Gasteiger partial charge in [-0.25, -0.2) is 0 Å². The summed E-state index contributed by atoms with van der Waals surface area (Å²) in [6.45, 7) is 0.251. The second-order valence-corrected chi connectivity index (χ2v) is 7.21. The zero-order chi connectivity index (χ0) is 21.8. The van der Waals surface area contributed by atoms with E-state index in [2.05, 4.69) is 6.07 Å². The molecule has 6 nitrogen and oxygen atoms in total. The standard InChI is InChI=1S/C25H20N2O4/c1-30-23-5-3-2-4-22(23)27-16-20(14-24(27)28)25(29)31-21-12-10-19(11-13-21)18-8-6-17(15-26)7-9-18/h2-13,20H,14,16H2,1H3. The summed E-state index contributed by atoms with van der Waals surface area (Å²) in [4.78, 5) is 26.7. The van der Waals surface area contributed by atoms with E-state index in [9.17, 15) is 9.59 Å². The lowest BCUT2D eigenvalue weighted by Gasteiger charge is -2.19. The monoisotopic (exact) mass is 412 g/mol. The van der Waals surface area contributed by atoms with Gasteiger partial charge in [0.15, 0.2) is 0 Å². The van der Waals surface area contributed by atoms with E-state index in [-0.39, 0.29) is 18.9 Å². The summed E-state index contributed by atoms with van der Waals surface area (Å²) < 4.78 is 10.9. The van der Waals surface area contributed by atoms with Gasteiger partial charge in [-0.15, -0.1) is 0 Å². The van der Waals surface area contributed by atoms with E-state index in [1.54, 1.807) is 48.4 Å². The molecular formula is C25H20N2O4. The highest BCUT2D eigenvalue weighted by Gasteiger charge is 2.37. The van der Waals surface area contributed by atoms with E-state index in [1.165, 1.54) is 0 Å². The quantitative estimate of drug-likeness (QED) is 0.464. The number of amides is 1. The van der Waals surface area contributed by atoms with Gasteiger partial charge in [-0.2, -0.15) is 5.26 Å². The highest BCUT2D eigenvalue weighted by molar-refractivity contribution is 6.00. The molecule has 0 saturated carbocycles. The molecule has 1 aliphatic heterocycles. The number of hydrogen-bond donors (Lipinski definition) is 0. The van der Waals surface area contributed by atoms with Gasteiger partial charge in [0.25, 0.3) is 0 Å². The van der Waals surface area contributed by atoms with Gasteiger partial charge in [0.1, 0.15) is 11.5 Å². The fourth-order valence-electron chi connectivity index (χ4n) is 3.60. The summed E-state index contributed by atoms with van der Waals surface area (Å²) in [5.41, 5.74) is 3.16. The molecule has 0 aliphatic carbocycles. The van der Waals surface area contributed by atoms with Crippen molar-refractivity contribution < 1.29 is 19.1 Å². The van der Waals surface area contributed by atoms with Crippen molar-refractivity contribution in [3.8, 4) is 28.7 Å². The van der Waals surface area contributed by atoms with Crippen LogP contribution in [0.4, 0.5) is 5.69 Å². The molecule has 31 heavy (non-hydrogen) atoms. The Kier molecular flexibility index (Phi) is 5.67. The molecule has 1 amide bonds. The summed E-state index contributed by atoms with van der Waals surface area (Å²) in [6.07, 6.45) is 0.0974. The largest absolute Gasteiger partial charge is 0.495 e. The minimum absolute atomic E-state index is 0.0974. The number of esters is 1. The van der Waals surface area contributed by atoms with Gasteiger partial charge >= 0.3 is 5.97 Å². The maximum atomic E-state index is 12.7. The lowest BCUT2D eigenvalue weighted by atomic mass is 10.0. The minimum atomic E-state index is -0.546. The van der Waals surface area contributed by atoms with Crippen LogP contribution in [0.1, 0.15) is 12.0 Å². The Morgan fingerprint density at radius 1 is 1.00 bits per heavy atom. The molecule has 0 radical (unpaired) electrons. The maximum absolute atomic E-state index is 12.7. The maximum Gasteiger partial charge on any atom is 0.316 e. The van der Waals surface area contributed by atoms with Crippen molar-refractivity contribution in [3.05, 3.63) is 78.4 Å². The number of ether oxygens (including phenoxy) is 2. The number of anilines is 1. The molecule has 154 valence electrons. The van der Waals surface area contributed by atoms with Gasteiger partial charge in [-0.3, -0.25) is 9.59 Å². The summed E-state index contributed by atoms with van der Waals surface area (Å²) in [6, 6.07) is 23.7. The molecule has 1 fully saturated rings. The average molecular weight is 412 g/mol. The van der Waals surface area contributed by atoms with Crippen LogP contribution in [0.15, 0.2) is 72.8 Å². The fraction of sp³-hybridized carbons (Fsp3) is 0.160. The summed E-state index contributed by atoms with van der Waals surface area (Å²) in [5, 5.41) is 8.90. The molecule has 0 aromatic heterocycles. The number of benzene rings is 3. The number of nitriles is 1. The highest BCUT2D eigenvalue weighted by Crippen LogP contribution is 2.33. The van der Waals surface area contributed by atoms with E-state index in [1.807, 2.05) is 36.4 Å². The highest BCUT2D eigenvalue weighted by atomic mass is 16.5. The normalized spacial score (nSPS) is 15.4. The molecular weight excluding hydrogens is 392 g/mol. The fourth-order valence-corrected chi connectivity index (χ4v) is 3.60. The summed E-state index contributed by atoms with van der Waals surface area (Å²) >= 11 is 0. The Hall–Kier alpha value is -4.11. The van der Waals surface area contributed by atoms with Gasteiger partial charge in [-0.1, -0.05) is 36.4 Å². The van der Waals surface area contributed by atoms with Crippen LogP contribution in [0.25, 0.3) is 11.1 Å². The van der Waals surface area contributed by atoms with Crippen molar-refractivity contribution in [1.82, 2.24) is 0 Å². The Bertz CT molecular complexity index is 1150. The van der Waals surface area contributed by atoms with E-state index >= 15 is 0 Å². The Morgan fingerprint density at radius 3 is 2.29 bits per heavy atom. The van der Waals surface area contributed by atoms with Gasteiger partial charge < -0.3 is 14.4 Å². The van der Waals surface area contributed by atoms with Crippen molar-refractivity contribution in [3.63, 3.8) is 0 Å². The second kappa shape index (κ2) is 8.72. The third kappa shape index (κ3) is 4.26. The number of rotatable bonds is 5. The number of methoxy groups -OCH3 is 1. The molecule has 0 spiro atoms. The van der Waals surface area contributed by atoms with Crippen LogP contribution in [0.3, 0.4) is 0 Å². The summed E-state index contributed by atoms with van der Waals surface area (Å²) in [5.74, 6) is -0.107. The lowest BCUT2D eigenvalue weighted by molar-refractivity contribution is -0.139. The zero-order valence-electron chi connectivity index (χ0n) is 16.9. The Morgan fingerprint density at radius 2 is 1.65 bits per heavy atom. The van der Waals surface area contributed by atoms with E-state index in [0.717, 1.165) is 11.1 Å². The van der Waals surface area contributed by atoms with Gasteiger partial charge in [-0.05, 0) is 47.5 Å². The topological polar surface area (TPSA) is 79.6 Å². The first kappa shape index (κ1) is 20.2. The predicted molar refractivity (Wildman–Crippen MR) is 116 cm³/mol. The number of carbonyl (C=O) groups excluding carboxylic acids is 2. The number of hydrogen-bond acceptors (Lipinski definition) is 5. The third-order valence-electron chi connectivity index (χ3n) is 5.25. The van der Waals surface area contributed by atoms with Gasteiger partial charge in [0.05, 0.1) is 30.3 Å². The van der Waals surface area contributed by atoms with Crippen molar-refractivity contribution in [2.75, 3.05) is 18.6 Å². The molecule has 0 bridgehead atoms. The second-order valence-electron chi connectivity index (χ2n) is 7.21. The zero-order valence-corrected chi connectivity index (χ0v) is 16.9. The van der Waals surface area contributed by atoms with Crippen LogP contribution in [0.5, 0.6) is 11.5 Å². The van der Waals surface area contributed by atoms with Crippen molar-refractivity contribution >= 4 is 17.6 Å². The van der Waals surface area contributed by atoms with E-state index < -0.39 is 11.9 Å². The van der Waals surface area contributed by atoms with Crippen molar-refractivity contribution in [2.24, 2.45) is 5.92 Å². The SMILES string of the molecule is COc1ccccc1N1CC(C(=O)Oc2ccc(-c3ccc(C#N)cc3)cc2)CC1=O. The first-order valence-electron chi connectivity index (χ1n) is 9.84. The van der Waals surface area contributed by atoms with Crippen LogP contribution in [0, 0.1) is 17.2 Å². The van der Waals surface area contributed by atoms with Gasteiger partial charge in [0.2, 0.25) is 5.91 Å². The van der Waals surface area contributed by atoms with Gasteiger partial charge in [0, 0.05) is 13.0 Å². The Balaban J connectivity index is 1.42. The van der Waals surface area contributed by atoms with Crippen LogP contribution in [-0.4, -0.2) is 25.5 Å². The summed E-state index contributed by atoms with van der Waals surface area (Å²) in [7, 11) is 1.55. The first-order valence-corrected chi connectivity index (χ1v) is 9.84. The van der Waals surface area contributed by atoms with E-state index in [4.69, 9.17) is 14.7 Å². The number of nitrogens with zero attached hydrogens (tertiary/aromatic N) is 2. The third-order valence-corrected chi connectivity index (χ3v) is 5.25. The molecule has 3 aromatic carbocycles. The molecule has 6 heteroatoms. The first-order chi connectivity index (χ1) is 15.1. The molecule has 1 atom stereocenters. The van der Waals surface area contributed by atoms with Crippen LogP contribution >= 0.6 is 0 Å². The number of carbonyl (C=O) groups is 2. The lowest BCUT2D eigenvalue weighted by Crippen LogP contribution is -2.27. The van der Waals surface area contributed by atoms with Crippen LogP contribution < -0.4 is 14.4 Å². The van der Waals surface area contributed by atoms with Crippen LogP contribution in [-0.2, 0) is 9.59 Å². The molecule has 1 unspecified atom stereocenters. The molecule has 1 saturated heterocycles. The molecule has 0 N–H and O–H groups in total. The Labute approximate surface area is 180 Å². The van der Waals surface area contributed by atoms with E-state index in [0.29, 0.717) is 22.7 Å².